The van der Waals surface area contributed by atoms with Crippen molar-refractivity contribution in [1.82, 2.24) is 5.32 Å². The molecule has 1 N–H and O–H groups in total. The average Bonchev–Trinajstić information content (AvgIpc) is 2.24. The van der Waals surface area contributed by atoms with Gasteiger partial charge in [-0.3, -0.25) is 0 Å². The summed E-state index contributed by atoms with van der Waals surface area (Å²) in [6, 6.07) is 5.67. The Morgan fingerprint density at radius 3 is 2.25 bits per heavy atom. The minimum atomic E-state index is -0.129. The number of halogens is 1. The summed E-state index contributed by atoms with van der Waals surface area (Å²) in [5.74, 6) is 0.994. The molecule has 0 heterocycles. The van der Waals surface area contributed by atoms with E-state index < -0.39 is 0 Å². The fourth-order valence-corrected chi connectivity index (χ4v) is 1.98. The largest absolute Gasteiger partial charge is 0.313 e. The number of rotatable bonds is 4. The van der Waals surface area contributed by atoms with Gasteiger partial charge in [-0.25, -0.2) is 4.39 Å². The van der Waals surface area contributed by atoms with Crippen LogP contribution in [0.3, 0.4) is 0 Å². The van der Waals surface area contributed by atoms with Gasteiger partial charge in [-0.05, 0) is 43.0 Å². The first-order valence-corrected chi connectivity index (χ1v) is 5.90. The molecule has 2 atom stereocenters. The van der Waals surface area contributed by atoms with E-state index in [2.05, 4.69) is 26.1 Å². The minimum Gasteiger partial charge on any atom is -0.313 e. The zero-order valence-corrected chi connectivity index (χ0v) is 10.8. The van der Waals surface area contributed by atoms with Gasteiger partial charge >= 0.3 is 0 Å². The van der Waals surface area contributed by atoms with Gasteiger partial charge in [0.05, 0.1) is 0 Å². The molecule has 0 aliphatic rings. The summed E-state index contributed by atoms with van der Waals surface area (Å²) < 4.78 is 13.2. The molecule has 1 nitrogen and oxygen atoms in total. The maximum Gasteiger partial charge on any atom is 0.126 e. The molecule has 0 spiro atoms. The van der Waals surface area contributed by atoms with Crippen LogP contribution in [-0.2, 0) is 0 Å². The Morgan fingerprint density at radius 1 is 1.19 bits per heavy atom. The molecule has 16 heavy (non-hydrogen) atoms. The number of benzene rings is 1. The quantitative estimate of drug-likeness (QED) is 0.821. The Morgan fingerprint density at radius 2 is 1.81 bits per heavy atom. The molecule has 0 amide bonds. The molecule has 0 bridgehead atoms. The molecule has 0 aliphatic heterocycles. The SMILES string of the molecule is CNC(c1ccc(F)c(C)c1)C(C)C(C)C. The van der Waals surface area contributed by atoms with Gasteiger partial charge in [0.15, 0.2) is 0 Å². The summed E-state index contributed by atoms with van der Waals surface area (Å²) in [5.41, 5.74) is 1.89. The Bertz CT molecular complexity index is 347. The molecular weight excluding hydrogens is 201 g/mol. The van der Waals surface area contributed by atoms with Gasteiger partial charge in [-0.15, -0.1) is 0 Å². The van der Waals surface area contributed by atoms with E-state index in [0.29, 0.717) is 23.4 Å². The van der Waals surface area contributed by atoms with E-state index >= 15 is 0 Å². The van der Waals surface area contributed by atoms with E-state index in [4.69, 9.17) is 0 Å². The second kappa shape index (κ2) is 5.44. The summed E-state index contributed by atoms with van der Waals surface area (Å²) in [5, 5.41) is 3.32. The Labute approximate surface area is 98.1 Å². The van der Waals surface area contributed by atoms with Gasteiger partial charge in [0.1, 0.15) is 5.82 Å². The predicted molar refractivity (Wildman–Crippen MR) is 66.9 cm³/mol. The number of aryl methyl sites for hydroxylation is 1. The first-order chi connectivity index (χ1) is 7.47. The van der Waals surface area contributed by atoms with Crippen molar-refractivity contribution in [1.29, 1.82) is 0 Å². The average molecular weight is 223 g/mol. The molecule has 90 valence electrons. The van der Waals surface area contributed by atoms with Gasteiger partial charge in [0, 0.05) is 6.04 Å². The van der Waals surface area contributed by atoms with E-state index in [1.54, 1.807) is 6.07 Å². The Balaban J connectivity index is 2.99. The lowest BCUT2D eigenvalue weighted by molar-refractivity contribution is 0.317. The maximum atomic E-state index is 13.2. The number of hydrogen-bond acceptors (Lipinski definition) is 1. The van der Waals surface area contributed by atoms with Gasteiger partial charge < -0.3 is 5.32 Å². The molecule has 0 saturated carbocycles. The van der Waals surface area contributed by atoms with Crippen molar-refractivity contribution >= 4 is 0 Å². The van der Waals surface area contributed by atoms with Crippen molar-refractivity contribution < 1.29 is 4.39 Å². The summed E-state index contributed by atoms with van der Waals surface area (Å²) in [6.07, 6.45) is 0. The fraction of sp³-hybridized carbons (Fsp3) is 0.571. The van der Waals surface area contributed by atoms with E-state index in [1.165, 1.54) is 5.56 Å². The zero-order valence-electron chi connectivity index (χ0n) is 10.8. The first-order valence-electron chi connectivity index (χ1n) is 5.90. The number of hydrogen-bond donors (Lipinski definition) is 1. The minimum absolute atomic E-state index is 0.129. The lowest BCUT2D eigenvalue weighted by Gasteiger charge is -2.27. The highest BCUT2D eigenvalue weighted by Gasteiger charge is 2.20. The maximum absolute atomic E-state index is 13.2. The molecule has 0 radical (unpaired) electrons. The summed E-state index contributed by atoms with van der Waals surface area (Å²) in [6.45, 7) is 8.47. The fourth-order valence-electron chi connectivity index (χ4n) is 1.98. The highest BCUT2D eigenvalue weighted by Crippen LogP contribution is 2.28. The van der Waals surface area contributed by atoms with Crippen LogP contribution in [0, 0.1) is 24.6 Å². The topological polar surface area (TPSA) is 12.0 Å². The molecule has 1 rings (SSSR count). The van der Waals surface area contributed by atoms with E-state index in [9.17, 15) is 4.39 Å². The van der Waals surface area contributed by atoms with Crippen molar-refractivity contribution in [3.63, 3.8) is 0 Å². The van der Waals surface area contributed by atoms with Gasteiger partial charge in [-0.1, -0.05) is 32.9 Å². The van der Waals surface area contributed by atoms with Gasteiger partial charge in [0.2, 0.25) is 0 Å². The van der Waals surface area contributed by atoms with Crippen LogP contribution in [0.15, 0.2) is 18.2 Å². The van der Waals surface area contributed by atoms with Crippen LogP contribution in [0.5, 0.6) is 0 Å². The molecule has 0 saturated heterocycles. The lowest BCUT2D eigenvalue weighted by Crippen LogP contribution is -2.26. The number of nitrogens with one attached hydrogen (secondary N) is 1. The van der Waals surface area contributed by atoms with Crippen molar-refractivity contribution in [3.05, 3.63) is 35.1 Å². The van der Waals surface area contributed by atoms with E-state index in [0.717, 1.165) is 0 Å². The highest BCUT2D eigenvalue weighted by molar-refractivity contribution is 5.27. The van der Waals surface area contributed by atoms with Crippen molar-refractivity contribution in [2.75, 3.05) is 7.05 Å². The van der Waals surface area contributed by atoms with Crippen LogP contribution in [0.1, 0.15) is 37.9 Å². The van der Waals surface area contributed by atoms with E-state index in [-0.39, 0.29) is 5.82 Å². The van der Waals surface area contributed by atoms with E-state index in [1.807, 2.05) is 26.1 Å². The Hall–Kier alpha value is -0.890. The monoisotopic (exact) mass is 223 g/mol. The van der Waals surface area contributed by atoms with Crippen LogP contribution in [0.25, 0.3) is 0 Å². The first kappa shape index (κ1) is 13.2. The normalized spacial score (nSPS) is 15.2. The molecule has 1 aromatic rings. The van der Waals surface area contributed by atoms with Crippen LogP contribution in [0.2, 0.25) is 0 Å². The third-order valence-electron chi connectivity index (χ3n) is 3.43. The third kappa shape index (κ3) is 2.82. The summed E-state index contributed by atoms with van der Waals surface area (Å²) in [7, 11) is 1.96. The van der Waals surface area contributed by atoms with Crippen LogP contribution in [0.4, 0.5) is 4.39 Å². The zero-order chi connectivity index (χ0) is 12.3. The molecule has 0 aromatic heterocycles. The van der Waals surface area contributed by atoms with Gasteiger partial charge in [0.25, 0.3) is 0 Å². The van der Waals surface area contributed by atoms with Crippen LogP contribution >= 0.6 is 0 Å². The molecular formula is C14H22FN. The molecule has 2 heteroatoms. The lowest BCUT2D eigenvalue weighted by atomic mass is 9.86. The van der Waals surface area contributed by atoms with Crippen molar-refractivity contribution in [2.24, 2.45) is 11.8 Å². The standard InChI is InChI=1S/C14H22FN/c1-9(2)11(4)14(16-5)12-6-7-13(15)10(3)8-12/h6-9,11,14,16H,1-5H3. The third-order valence-corrected chi connectivity index (χ3v) is 3.43. The molecule has 2 unspecified atom stereocenters. The smallest absolute Gasteiger partial charge is 0.126 e. The molecule has 0 aliphatic carbocycles. The van der Waals surface area contributed by atoms with Crippen LogP contribution < -0.4 is 5.32 Å². The summed E-state index contributed by atoms with van der Waals surface area (Å²) >= 11 is 0. The highest BCUT2D eigenvalue weighted by atomic mass is 19.1. The summed E-state index contributed by atoms with van der Waals surface area (Å²) in [4.78, 5) is 0. The second-order valence-corrected chi connectivity index (χ2v) is 4.88. The predicted octanol–water partition coefficient (Wildman–Crippen LogP) is 3.69. The van der Waals surface area contributed by atoms with Crippen molar-refractivity contribution in [2.45, 2.75) is 33.7 Å². The molecule has 1 aromatic carbocycles. The Kier molecular flexibility index (Phi) is 4.48. The van der Waals surface area contributed by atoms with Gasteiger partial charge in [-0.2, -0.15) is 0 Å². The second-order valence-electron chi connectivity index (χ2n) is 4.88. The van der Waals surface area contributed by atoms with Crippen molar-refractivity contribution in [3.8, 4) is 0 Å². The molecule has 0 fully saturated rings. The van der Waals surface area contributed by atoms with Crippen LogP contribution in [-0.4, -0.2) is 7.05 Å².